The molecule has 0 amide bonds. The first-order chi connectivity index (χ1) is 9.20. The highest BCUT2D eigenvalue weighted by Crippen LogP contribution is 2.44. The van der Waals surface area contributed by atoms with Gasteiger partial charge in [-0.1, -0.05) is 32.1 Å². The van der Waals surface area contributed by atoms with Gasteiger partial charge in [-0.25, -0.2) is 0 Å². The average Bonchev–Trinajstić information content (AvgIpc) is 2.42. The van der Waals surface area contributed by atoms with Crippen LogP contribution in [0.5, 0.6) is 0 Å². The lowest BCUT2D eigenvalue weighted by atomic mass is 9.64. The van der Waals surface area contributed by atoms with Gasteiger partial charge in [0.2, 0.25) is 0 Å². The molecule has 0 heterocycles. The molecule has 110 valence electrons. The van der Waals surface area contributed by atoms with E-state index in [1.807, 2.05) is 0 Å². The summed E-state index contributed by atoms with van der Waals surface area (Å²) in [5.74, 6) is 0.494. The van der Waals surface area contributed by atoms with Crippen LogP contribution in [0, 0.1) is 5.92 Å². The van der Waals surface area contributed by atoms with Gasteiger partial charge < -0.3 is 15.5 Å². The summed E-state index contributed by atoms with van der Waals surface area (Å²) in [5.41, 5.74) is -0.492. The molecule has 3 aliphatic carbocycles. The standard InChI is InChI=1S/C16H29NO2/c18-14-9-2-1-8-13(14)17-15-10-5-7-12-6-3-4-11-16(12,15)19/h12-15,17-19H,1-11H2/t12-,13+,14-,15?,16-/m1/s1. The molecule has 0 spiro atoms. The second-order valence-corrected chi connectivity index (χ2v) is 7.04. The van der Waals surface area contributed by atoms with Crippen LogP contribution in [0.15, 0.2) is 0 Å². The molecule has 3 fully saturated rings. The van der Waals surface area contributed by atoms with Crippen molar-refractivity contribution in [2.45, 2.75) is 94.4 Å². The average molecular weight is 267 g/mol. The molecule has 0 aromatic carbocycles. The Bertz CT molecular complexity index is 307. The van der Waals surface area contributed by atoms with E-state index in [4.69, 9.17) is 0 Å². The highest BCUT2D eigenvalue weighted by Gasteiger charge is 2.48. The van der Waals surface area contributed by atoms with Crippen molar-refractivity contribution in [3.05, 3.63) is 0 Å². The van der Waals surface area contributed by atoms with Crippen molar-refractivity contribution in [2.75, 3.05) is 0 Å². The first-order valence-corrected chi connectivity index (χ1v) is 8.36. The van der Waals surface area contributed by atoms with Crippen LogP contribution in [0.1, 0.15) is 70.6 Å². The molecule has 3 rings (SSSR count). The summed E-state index contributed by atoms with van der Waals surface area (Å²) in [6.07, 6.45) is 12.3. The third-order valence-corrected chi connectivity index (χ3v) is 5.88. The van der Waals surface area contributed by atoms with Crippen LogP contribution in [-0.2, 0) is 0 Å². The monoisotopic (exact) mass is 267 g/mol. The summed E-state index contributed by atoms with van der Waals surface area (Å²) in [4.78, 5) is 0. The van der Waals surface area contributed by atoms with Crippen molar-refractivity contribution in [2.24, 2.45) is 5.92 Å². The third-order valence-electron chi connectivity index (χ3n) is 5.88. The number of rotatable bonds is 2. The minimum Gasteiger partial charge on any atom is -0.392 e. The van der Waals surface area contributed by atoms with E-state index in [0.717, 1.165) is 32.1 Å². The Morgan fingerprint density at radius 3 is 2.42 bits per heavy atom. The van der Waals surface area contributed by atoms with Gasteiger partial charge in [-0.3, -0.25) is 0 Å². The van der Waals surface area contributed by atoms with Crippen LogP contribution in [0.4, 0.5) is 0 Å². The number of hydrogen-bond acceptors (Lipinski definition) is 3. The molecule has 3 aliphatic rings. The summed E-state index contributed by atoms with van der Waals surface area (Å²) < 4.78 is 0. The van der Waals surface area contributed by atoms with Gasteiger partial charge in [-0.15, -0.1) is 0 Å². The predicted molar refractivity (Wildman–Crippen MR) is 75.9 cm³/mol. The summed E-state index contributed by atoms with van der Waals surface area (Å²) in [7, 11) is 0. The summed E-state index contributed by atoms with van der Waals surface area (Å²) in [6.45, 7) is 0. The Morgan fingerprint density at radius 2 is 1.58 bits per heavy atom. The highest BCUT2D eigenvalue weighted by atomic mass is 16.3. The molecule has 5 atom stereocenters. The molecule has 19 heavy (non-hydrogen) atoms. The van der Waals surface area contributed by atoms with Crippen LogP contribution in [-0.4, -0.2) is 34.0 Å². The van der Waals surface area contributed by atoms with E-state index in [9.17, 15) is 10.2 Å². The maximum atomic E-state index is 11.1. The van der Waals surface area contributed by atoms with Gasteiger partial charge in [-0.05, 0) is 44.4 Å². The second-order valence-electron chi connectivity index (χ2n) is 7.04. The van der Waals surface area contributed by atoms with Crippen LogP contribution < -0.4 is 5.32 Å². The second kappa shape index (κ2) is 5.71. The fourth-order valence-electron chi connectivity index (χ4n) is 4.72. The normalized spacial score (nSPS) is 47.7. The molecule has 0 saturated heterocycles. The molecular weight excluding hydrogens is 238 g/mol. The number of hydrogen-bond donors (Lipinski definition) is 3. The quantitative estimate of drug-likeness (QED) is 0.720. The predicted octanol–water partition coefficient (Wildman–Crippen LogP) is 2.35. The lowest BCUT2D eigenvalue weighted by molar-refractivity contribution is -0.105. The molecule has 0 aliphatic heterocycles. The summed E-state index contributed by atoms with van der Waals surface area (Å²) >= 11 is 0. The van der Waals surface area contributed by atoms with Gasteiger partial charge in [0.05, 0.1) is 11.7 Å². The molecule has 3 heteroatoms. The largest absolute Gasteiger partial charge is 0.392 e. The van der Waals surface area contributed by atoms with Gasteiger partial charge in [0.25, 0.3) is 0 Å². The van der Waals surface area contributed by atoms with E-state index in [-0.39, 0.29) is 18.2 Å². The van der Waals surface area contributed by atoms with E-state index in [1.165, 1.54) is 38.5 Å². The van der Waals surface area contributed by atoms with Gasteiger partial charge in [0, 0.05) is 12.1 Å². The van der Waals surface area contributed by atoms with Gasteiger partial charge in [0.1, 0.15) is 0 Å². The van der Waals surface area contributed by atoms with Crippen molar-refractivity contribution >= 4 is 0 Å². The zero-order valence-electron chi connectivity index (χ0n) is 12.0. The molecule has 0 aromatic rings. The Labute approximate surface area is 116 Å². The first kappa shape index (κ1) is 13.8. The van der Waals surface area contributed by atoms with Crippen molar-refractivity contribution in [3.8, 4) is 0 Å². The lowest BCUT2D eigenvalue weighted by Crippen LogP contribution is -2.62. The Hall–Kier alpha value is -0.120. The van der Waals surface area contributed by atoms with Crippen LogP contribution in [0.25, 0.3) is 0 Å². The first-order valence-electron chi connectivity index (χ1n) is 8.36. The Balaban J connectivity index is 1.68. The van der Waals surface area contributed by atoms with E-state index < -0.39 is 5.60 Å². The van der Waals surface area contributed by atoms with E-state index in [2.05, 4.69) is 5.32 Å². The minimum absolute atomic E-state index is 0.207. The minimum atomic E-state index is -0.492. The van der Waals surface area contributed by atoms with E-state index in [0.29, 0.717) is 5.92 Å². The Morgan fingerprint density at radius 1 is 0.842 bits per heavy atom. The molecule has 3 nitrogen and oxygen atoms in total. The SMILES string of the molecule is O[C@@H]1CCCC[C@@H]1NC1CCC[C@H]2CCCC[C@]12O. The van der Waals surface area contributed by atoms with Crippen molar-refractivity contribution in [3.63, 3.8) is 0 Å². The fourth-order valence-corrected chi connectivity index (χ4v) is 4.72. The molecule has 0 radical (unpaired) electrons. The fraction of sp³-hybridized carbons (Fsp3) is 1.00. The molecule has 1 unspecified atom stereocenters. The number of fused-ring (bicyclic) bond motifs is 1. The lowest BCUT2D eigenvalue weighted by Gasteiger charge is -2.50. The van der Waals surface area contributed by atoms with Gasteiger partial charge in [0.15, 0.2) is 0 Å². The molecule has 0 bridgehead atoms. The number of nitrogens with one attached hydrogen (secondary N) is 1. The van der Waals surface area contributed by atoms with Crippen molar-refractivity contribution in [1.82, 2.24) is 5.32 Å². The Kier molecular flexibility index (Phi) is 4.16. The maximum absolute atomic E-state index is 11.1. The van der Waals surface area contributed by atoms with E-state index in [1.54, 1.807) is 0 Å². The summed E-state index contributed by atoms with van der Waals surface area (Å²) in [5, 5.41) is 24.9. The third kappa shape index (κ3) is 2.70. The summed E-state index contributed by atoms with van der Waals surface area (Å²) in [6, 6.07) is 0.424. The zero-order valence-corrected chi connectivity index (χ0v) is 12.0. The molecular formula is C16H29NO2. The smallest absolute Gasteiger partial charge is 0.0828 e. The van der Waals surface area contributed by atoms with Gasteiger partial charge in [-0.2, -0.15) is 0 Å². The van der Waals surface area contributed by atoms with E-state index >= 15 is 0 Å². The topological polar surface area (TPSA) is 52.5 Å². The van der Waals surface area contributed by atoms with Crippen molar-refractivity contribution < 1.29 is 10.2 Å². The molecule has 3 saturated carbocycles. The van der Waals surface area contributed by atoms with Crippen LogP contribution in [0.2, 0.25) is 0 Å². The molecule has 3 N–H and O–H groups in total. The zero-order chi connectivity index (χ0) is 13.3. The number of aliphatic hydroxyl groups is 2. The maximum Gasteiger partial charge on any atom is 0.0828 e. The van der Waals surface area contributed by atoms with Crippen LogP contribution in [0.3, 0.4) is 0 Å². The highest BCUT2D eigenvalue weighted by molar-refractivity contribution is 5.03. The van der Waals surface area contributed by atoms with Gasteiger partial charge >= 0.3 is 0 Å². The van der Waals surface area contributed by atoms with Crippen molar-refractivity contribution in [1.29, 1.82) is 0 Å². The molecule has 0 aromatic heterocycles. The van der Waals surface area contributed by atoms with Crippen LogP contribution >= 0.6 is 0 Å². The number of aliphatic hydroxyl groups excluding tert-OH is 1.